The second-order valence-corrected chi connectivity index (χ2v) is 29.5. The van der Waals surface area contributed by atoms with E-state index in [0.717, 1.165) is 34.4 Å². The second kappa shape index (κ2) is 50.9. The number of aromatic carboxylic acids is 1. The average Bonchev–Trinajstić information content (AvgIpc) is 0.810. The maximum Gasteiger partial charge on any atom is 0.407 e. The molecule has 0 aliphatic rings. The lowest BCUT2D eigenvalue weighted by Crippen LogP contribution is -2.40. The predicted molar refractivity (Wildman–Crippen MR) is 449 cm³/mol. The number of methoxy groups -OCH3 is 2. The van der Waals surface area contributed by atoms with E-state index in [1.165, 1.54) is 30.1 Å². The molecule has 28 nitrogen and oxygen atoms in total. The summed E-state index contributed by atoms with van der Waals surface area (Å²) in [5.74, 6) is -4.49. The van der Waals surface area contributed by atoms with Gasteiger partial charge in [-0.2, -0.15) is 0 Å². The van der Waals surface area contributed by atoms with Gasteiger partial charge in [-0.3, -0.25) is 24.0 Å². The predicted octanol–water partition coefficient (Wildman–Crippen LogP) is 15.5. The summed E-state index contributed by atoms with van der Waals surface area (Å²) in [6, 6.07) is 46.3. The first-order valence-corrected chi connectivity index (χ1v) is 38.3. The zero-order valence-corrected chi connectivity index (χ0v) is 71.2. The minimum Gasteiger partial charge on any atom is -0.481 e. The number of aliphatic hydroxyl groups excluding tert-OH is 1. The number of nitrogens with zero attached hydrogens (tertiary/aromatic N) is 2. The van der Waals surface area contributed by atoms with Gasteiger partial charge in [0.25, 0.3) is 17.6 Å². The SMILES string of the molecule is CC(C)(C)OC(=O)NCCNCc1ccc(Cl)c(Cl)c1.COCOCc1cc(=O)c(OCc2ccccc2)c(C(=O)N(CCNC(=O)OC(C)(C)C)Cc2ccc(Cl)c(Cl)c2)o1.COCOCc1cc(=O)c(OCc2ccccc2)c(C(=O)O)o1.Cl.NCCN(Cc1ccc(Cl)c(Cl)c1)C(=O)c1oc(CO)cc(=O)c1OCc1ccccc1. The molecule has 7 N–H and O–H groups in total. The number of carboxylic acid groups (broad SMARTS) is 1. The van der Waals surface area contributed by atoms with E-state index in [0.29, 0.717) is 60.9 Å². The summed E-state index contributed by atoms with van der Waals surface area (Å²) in [6.45, 7) is 12.5. The van der Waals surface area contributed by atoms with Gasteiger partial charge in [0.1, 0.15) is 81.7 Å². The van der Waals surface area contributed by atoms with Crippen LogP contribution in [0.2, 0.25) is 30.1 Å². The van der Waals surface area contributed by atoms with Crippen LogP contribution < -0.4 is 52.2 Å². The van der Waals surface area contributed by atoms with Gasteiger partial charge in [0.2, 0.25) is 45.1 Å². The number of halogens is 7. The summed E-state index contributed by atoms with van der Waals surface area (Å²) >= 11 is 36.1. The van der Waals surface area contributed by atoms with Crippen LogP contribution in [-0.2, 0) is 87.7 Å². The smallest absolute Gasteiger partial charge is 0.407 e. The van der Waals surface area contributed by atoms with Crippen LogP contribution in [-0.4, -0.2) is 128 Å². The van der Waals surface area contributed by atoms with Gasteiger partial charge in [-0.25, -0.2) is 14.4 Å². The molecule has 3 aromatic heterocycles. The summed E-state index contributed by atoms with van der Waals surface area (Å²) in [7, 11) is 2.90. The van der Waals surface area contributed by atoms with Crippen molar-refractivity contribution in [2.24, 2.45) is 5.73 Å². The van der Waals surface area contributed by atoms with E-state index in [1.807, 2.05) is 112 Å². The summed E-state index contributed by atoms with van der Waals surface area (Å²) in [5, 5.41) is 29.7. The first-order valence-electron chi connectivity index (χ1n) is 36.0. The molecule has 9 rings (SSSR count). The van der Waals surface area contributed by atoms with Crippen molar-refractivity contribution in [1.82, 2.24) is 25.8 Å². The molecule has 4 amide bonds. The van der Waals surface area contributed by atoms with Crippen molar-refractivity contribution in [2.75, 3.05) is 67.1 Å². The van der Waals surface area contributed by atoms with E-state index >= 15 is 0 Å². The third-order valence-corrected chi connectivity index (χ3v) is 17.4. The number of hydrogen-bond acceptors (Lipinski definition) is 23. The fourth-order valence-electron chi connectivity index (χ4n) is 10.0. The molecule has 0 atom stereocenters. The molecule has 636 valence electrons. The Morgan fingerprint density at radius 2 is 0.797 bits per heavy atom. The Morgan fingerprint density at radius 3 is 1.17 bits per heavy atom. The molecule has 6 aromatic carbocycles. The van der Waals surface area contributed by atoms with E-state index in [9.17, 15) is 48.6 Å². The third-order valence-electron chi connectivity index (χ3n) is 15.2. The Kier molecular flexibility index (Phi) is 42.6. The molecule has 0 aliphatic carbocycles. The van der Waals surface area contributed by atoms with Crippen molar-refractivity contribution in [3.63, 3.8) is 0 Å². The van der Waals surface area contributed by atoms with E-state index in [2.05, 4.69) is 16.0 Å². The van der Waals surface area contributed by atoms with Crippen molar-refractivity contribution in [3.8, 4) is 17.2 Å². The van der Waals surface area contributed by atoms with Crippen LogP contribution in [0.25, 0.3) is 0 Å². The fourth-order valence-corrected chi connectivity index (χ4v) is 11.0. The monoisotopic (exact) mass is 1770 g/mol. The minimum atomic E-state index is -1.39. The fraction of sp³-hybridized carbons (Fsp3) is 0.325. The molecule has 118 heavy (non-hydrogen) atoms. The standard InChI is InChI=1S/C30H34Cl2N2O8.C23H22Cl2N2O5.C16H16O7.C14H20Cl2N2O2.ClH/c1-30(2,3)42-29(37)33-12-13-34(16-21-10-11-23(31)24(32)14-21)28(36)27-26(40-17-20-8-6-5-7-9-20)25(35)15-22(41-27)18-39-19-38-4;24-18-7-6-16(10-19(18)25)12-27(9-8-26)23(30)22-21(20(29)11-17(13-28)32-22)31-14-15-4-2-1-3-5-15;1-20-10-21-9-12-7-13(17)14(15(23-12)16(18)19)22-8-11-5-3-2-4-6-11;1-14(2,3)20-13(19)18-7-6-17-9-10-4-5-11(15)12(16)8-10;/h5-11,14-15H,12-13,16-19H2,1-4H3,(H,33,37);1-7,10-11,28H,8-9,12-14,26H2;2-7H,8-10H2,1H3,(H,18,19);4-5,8,17H,6-7,9H2,1-3H3,(H,18,19);1H. The molecule has 35 heteroatoms. The second-order valence-electron chi connectivity index (χ2n) is 27.0. The molecule has 0 radical (unpaired) electrons. The molecule has 0 spiro atoms. The van der Waals surface area contributed by atoms with Gasteiger partial charge in [0.05, 0.1) is 30.1 Å². The highest BCUT2D eigenvalue weighted by molar-refractivity contribution is 6.43. The lowest BCUT2D eigenvalue weighted by atomic mass is 10.2. The van der Waals surface area contributed by atoms with Crippen LogP contribution in [0.1, 0.15) is 124 Å². The Labute approximate surface area is 717 Å². The molecular weight excluding hydrogens is 1680 g/mol. The van der Waals surface area contributed by atoms with Crippen LogP contribution in [0.3, 0.4) is 0 Å². The van der Waals surface area contributed by atoms with Gasteiger partial charge in [0.15, 0.2) is 0 Å². The van der Waals surface area contributed by atoms with E-state index in [4.69, 9.17) is 131 Å². The van der Waals surface area contributed by atoms with Crippen molar-refractivity contribution in [2.45, 2.75) is 112 Å². The quantitative estimate of drug-likeness (QED) is 0.0159. The minimum absolute atomic E-state index is 0. The number of alkyl carbamates (subject to hydrolysis) is 2. The summed E-state index contributed by atoms with van der Waals surface area (Å²) < 4.78 is 63.9. The van der Waals surface area contributed by atoms with Gasteiger partial charge >= 0.3 is 18.2 Å². The van der Waals surface area contributed by atoms with Crippen molar-refractivity contribution >= 4 is 112 Å². The van der Waals surface area contributed by atoms with Crippen LogP contribution in [0.15, 0.2) is 191 Å². The number of benzene rings is 6. The third kappa shape index (κ3) is 35.1. The lowest BCUT2D eigenvalue weighted by molar-refractivity contribution is -0.0448. The highest BCUT2D eigenvalue weighted by atomic mass is 35.5. The van der Waals surface area contributed by atoms with E-state index in [1.54, 1.807) is 75.4 Å². The average molecular weight is 1770 g/mol. The van der Waals surface area contributed by atoms with Crippen molar-refractivity contribution in [3.05, 3.63) is 293 Å². The maximum absolute atomic E-state index is 14.0. The first-order chi connectivity index (χ1) is 55.8. The lowest BCUT2D eigenvalue weighted by Gasteiger charge is -2.24. The summed E-state index contributed by atoms with van der Waals surface area (Å²) in [4.78, 5) is 103. The topological polar surface area (TPSA) is 368 Å². The number of ether oxygens (including phenoxy) is 9. The number of rotatable bonds is 35. The van der Waals surface area contributed by atoms with Gasteiger partial charge in [-0.15, -0.1) is 12.4 Å². The van der Waals surface area contributed by atoms with Crippen LogP contribution in [0, 0.1) is 0 Å². The summed E-state index contributed by atoms with van der Waals surface area (Å²) in [5.41, 5.74) is 7.64. The van der Waals surface area contributed by atoms with Crippen LogP contribution >= 0.6 is 82.0 Å². The number of aliphatic hydroxyl groups is 1. The van der Waals surface area contributed by atoms with Crippen molar-refractivity contribution < 1.29 is 90.1 Å². The van der Waals surface area contributed by atoms with Gasteiger partial charge in [0, 0.05) is 91.3 Å². The van der Waals surface area contributed by atoms with Crippen molar-refractivity contribution in [1.29, 1.82) is 0 Å². The largest absolute Gasteiger partial charge is 0.481 e. The summed E-state index contributed by atoms with van der Waals surface area (Å²) in [6.07, 6.45) is -1.05. The number of nitrogens with two attached hydrogens (primary N) is 1. The Morgan fingerprint density at radius 1 is 0.441 bits per heavy atom. The Balaban J connectivity index is 0.000000291. The molecule has 9 aromatic rings. The first kappa shape index (κ1) is 98.8. The van der Waals surface area contributed by atoms with Crippen LogP contribution in [0.5, 0.6) is 17.2 Å². The highest BCUT2D eigenvalue weighted by Gasteiger charge is 2.30. The maximum atomic E-state index is 14.0. The molecule has 3 heterocycles. The normalized spacial score (nSPS) is 10.8. The highest BCUT2D eigenvalue weighted by Crippen LogP contribution is 2.29. The number of nitrogens with one attached hydrogen (secondary N) is 3. The number of carboxylic acids is 1. The molecule has 0 unspecified atom stereocenters. The molecular formula is C83H93Cl7N6O22. The molecule has 0 saturated heterocycles. The van der Waals surface area contributed by atoms with Gasteiger partial charge in [-0.05, 0) is 111 Å². The number of hydrogen-bond donors (Lipinski definition) is 6. The molecule has 0 saturated carbocycles. The zero-order chi connectivity index (χ0) is 85.6. The van der Waals surface area contributed by atoms with E-state index < -0.39 is 69.8 Å². The van der Waals surface area contributed by atoms with E-state index in [-0.39, 0.29) is 144 Å². The Hall–Kier alpha value is -9.73. The molecule has 0 aliphatic heterocycles. The molecule has 0 bridgehead atoms. The number of amides is 4. The molecule has 0 fully saturated rings. The number of carbonyl (C=O) groups excluding carboxylic acids is 4. The van der Waals surface area contributed by atoms with Crippen LogP contribution in [0.4, 0.5) is 9.59 Å². The van der Waals surface area contributed by atoms with Gasteiger partial charge < -0.3 is 97.6 Å². The Bertz CT molecular complexity index is 4880. The number of carbonyl (C=O) groups is 5. The zero-order valence-electron chi connectivity index (χ0n) is 65.8. The van der Waals surface area contributed by atoms with Gasteiger partial charge in [-0.1, -0.05) is 179 Å².